The lowest BCUT2D eigenvalue weighted by Gasteiger charge is -2.50. The summed E-state index contributed by atoms with van der Waals surface area (Å²) < 4.78 is 35.5. The number of halogens is 1. The van der Waals surface area contributed by atoms with Crippen LogP contribution in [0, 0.1) is 0 Å². The maximum atomic E-state index is 13.4. The first-order chi connectivity index (χ1) is 24.8. The molecule has 0 radical (unpaired) electrons. The molecule has 0 aromatic heterocycles. The Hall–Kier alpha value is -3.94. The number of hydrogen-bond donors (Lipinski definition) is 2. The largest absolute Gasteiger partial charge is 0.466 e. The molecule has 0 spiro atoms. The molecule has 4 aromatic carbocycles. The summed E-state index contributed by atoms with van der Waals surface area (Å²) in [5.41, 5.74) is 3.58. The third-order valence-corrected chi connectivity index (χ3v) is 9.48. The van der Waals surface area contributed by atoms with Crippen LogP contribution in [-0.4, -0.2) is 71.8 Å². The predicted molar refractivity (Wildman–Crippen MR) is 193 cm³/mol. The molecule has 0 saturated carbocycles. The van der Waals surface area contributed by atoms with Crippen molar-refractivity contribution in [3.8, 4) is 0 Å². The van der Waals surface area contributed by atoms with Gasteiger partial charge in [-0.05, 0) is 38.2 Å². The second kappa shape index (κ2) is 19.1. The highest BCUT2D eigenvalue weighted by Gasteiger charge is 2.61. The van der Waals surface area contributed by atoms with Gasteiger partial charge in [0.05, 0.1) is 46.2 Å². The van der Waals surface area contributed by atoms with Gasteiger partial charge in [-0.2, -0.15) is 0 Å². The van der Waals surface area contributed by atoms with Crippen LogP contribution in [0.1, 0.15) is 29.2 Å². The molecule has 270 valence electrons. The minimum absolute atomic E-state index is 0.0550. The lowest BCUT2D eigenvalue weighted by molar-refractivity contribution is -0.257. The van der Waals surface area contributed by atoms with Gasteiger partial charge < -0.3 is 38.8 Å². The quantitative estimate of drug-likeness (QED) is 0.106. The molecule has 5 rings (SSSR count). The number of benzene rings is 4. The molecule has 4 aromatic rings. The standard InChI is InChI=1S/C40H44BrNO9/c1-28(43)42-34-36(51-40(41,39(45)46-2)38(44)37(34)50-26-32-21-13-6-14-22-32)35(49-25-31-19-11-5-12-20-31)33(48-24-30-17-9-4-10-18-30)27-47-23-29-15-7-3-8-16-29/h3-22,33-38,44H,23-27H2,1-2H3,(H,42,43)/t33-,34+,35-,36-,37-,38+,40+/m1/s1. The van der Waals surface area contributed by atoms with E-state index in [2.05, 4.69) is 21.2 Å². The molecular formula is C40H44BrNO9. The van der Waals surface area contributed by atoms with E-state index in [0.717, 1.165) is 22.3 Å². The number of nitrogens with one attached hydrogen (secondary N) is 1. The van der Waals surface area contributed by atoms with Crippen LogP contribution in [-0.2, 0) is 64.4 Å². The van der Waals surface area contributed by atoms with Crippen molar-refractivity contribution in [2.75, 3.05) is 13.7 Å². The molecule has 7 atom stereocenters. The van der Waals surface area contributed by atoms with Gasteiger partial charge in [-0.1, -0.05) is 121 Å². The van der Waals surface area contributed by atoms with Gasteiger partial charge in [0.15, 0.2) is 0 Å². The fourth-order valence-electron chi connectivity index (χ4n) is 5.94. The zero-order chi connectivity index (χ0) is 36.1. The van der Waals surface area contributed by atoms with Crippen molar-refractivity contribution in [2.24, 2.45) is 0 Å². The number of rotatable bonds is 17. The Bertz CT molecular complexity index is 1630. The molecule has 11 heteroatoms. The summed E-state index contributed by atoms with van der Waals surface area (Å²) in [5, 5.41) is 14.7. The molecule has 10 nitrogen and oxygen atoms in total. The van der Waals surface area contributed by atoms with Crippen LogP contribution in [0.25, 0.3) is 0 Å². The molecule has 0 aliphatic carbocycles. The number of alkyl halides is 1. The molecule has 1 aliphatic heterocycles. The third-order valence-electron chi connectivity index (χ3n) is 8.50. The third kappa shape index (κ3) is 10.6. The zero-order valence-electron chi connectivity index (χ0n) is 28.6. The van der Waals surface area contributed by atoms with Gasteiger partial charge in [0, 0.05) is 6.92 Å². The van der Waals surface area contributed by atoms with Gasteiger partial charge in [-0.15, -0.1) is 0 Å². The van der Waals surface area contributed by atoms with Gasteiger partial charge in [-0.25, -0.2) is 4.79 Å². The maximum Gasteiger partial charge on any atom is 0.352 e. The van der Waals surface area contributed by atoms with Crippen molar-refractivity contribution >= 4 is 27.8 Å². The van der Waals surface area contributed by atoms with Crippen LogP contribution in [0.5, 0.6) is 0 Å². The maximum absolute atomic E-state index is 13.4. The Morgan fingerprint density at radius 1 is 0.765 bits per heavy atom. The smallest absolute Gasteiger partial charge is 0.352 e. The number of methoxy groups -OCH3 is 1. The summed E-state index contributed by atoms with van der Waals surface area (Å²) >= 11 is 3.39. The number of ether oxygens (including phenoxy) is 6. The number of carbonyl (C=O) groups excluding carboxylic acids is 2. The normalized spacial score (nSPS) is 22.8. The van der Waals surface area contributed by atoms with Gasteiger partial charge in [-0.3, -0.25) is 4.79 Å². The second-order valence-corrected chi connectivity index (χ2v) is 13.4. The summed E-state index contributed by atoms with van der Waals surface area (Å²) in [6.45, 7) is 2.12. The molecule has 1 fully saturated rings. The van der Waals surface area contributed by atoms with E-state index >= 15 is 0 Å². The summed E-state index contributed by atoms with van der Waals surface area (Å²) in [7, 11) is 1.20. The minimum Gasteiger partial charge on any atom is -0.466 e. The SMILES string of the molecule is COC(=O)[C@@]1(Br)O[C@@H]([C@H](OCc2ccccc2)[C@@H](COCc2ccccc2)OCc2ccccc2)[C@H](NC(C)=O)[C@@H](OCc2ccccc2)[C@@H]1O. The van der Waals surface area contributed by atoms with Crippen LogP contribution >= 0.6 is 15.9 Å². The van der Waals surface area contributed by atoms with Crippen molar-refractivity contribution < 1.29 is 43.1 Å². The van der Waals surface area contributed by atoms with E-state index in [1.165, 1.54) is 14.0 Å². The number of carbonyl (C=O) groups is 2. The van der Waals surface area contributed by atoms with E-state index < -0.39 is 52.9 Å². The Labute approximate surface area is 307 Å². The summed E-state index contributed by atoms with van der Waals surface area (Å²) in [6, 6.07) is 37.3. The topological polar surface area (TPSA) is 122 Å². The highest BCUT2D eigenvalue weighted by atomic mass is 79.9. The molecule has 1 saturated heterocycles. The van der Waals surface area contributed by atoms with Crippen molar-refractivity contribution in [1.29, 1.82) is 0 Å². The van der Waals surface area contributed by atoms with Crippen LogP contribution in [0.4, 0.5) is 0 Å². The zero-order valence-corrected chi connectivity index (χ0v) is 30.2. The van der Waals surface area contributed by atoms with Gasteiger partial charge in [0.1, 0.15) is 30.5 Å². The lowest BCUT2D eigenvalue weighted by atomic mass is 9.87. The van der Waals surface area contributed by atoms with Crippen molar-refractivity contribution in [3.63, 3.8) is 0 Å². The van der Waals surface area contributed by atoms with Gasteiger partial charge in [0.2, 0.25) is 10.4 Å². The molecule has 1 amide bonds. The van der Waals surface area contributed by atoms with Gasteiger partial charge in [0.25, 0.3) is 0 Å². The average molecular weight is 763 g/mol. The van der Waals surface area contributed by atoms with Crippen molar-refractivity contribution in [1.82, 2.24) is 5.32 Å². The van der Waals surface area contributed by atoms with E-state index in [4.69, 9.17) is 28.4 Å². The Balaban J connectivity index is 1.55. The first-order valence-corrected chi connectivity index (χ1v) is 17.6. The lowest BCUT2D eigenvalue weighted by Crippen LogP contribution is -2.72. The molecule has 2 N–H and O–H groups in total. The van der Waals surface area contributed by atoms with Crippen LogP contribution in [0.2, 0.25) is 0 Å². The fraction of sp³-hybridized carbons (Fsp3) is 0.350. The monoisotopic (exact) mass is 761 g/mol. The van der Waals surface area contributed by atoms with E-state index in [0.29, 0.717) is 6.61 Å². The highest BCUT2D eigenvalue weighted by Crippen LogP contribution is 2.40. The minimum atomic E-state index is -2.09. The van der Waals surface area contributed by atoms with Crippen molar-refractivity contribution in [3.05, 3.63) is 144 Å². The van der Waals surface area contributed by atoms with Crippen LogP contribution < -0.4 is 5.32 Å². The van der Waals surface area contributed by atoms with Crippen molar-refractivity contribution in [2.45, 2.75) is 74.4 Å². The summed E-state index contributed by atoms with van der Waals surface area (Å²) in [5.74, 6) is -1.29. The number of amides is 1. The van der Waals surface area contributed by atoms with E-state index in [-0.39, 0.29) is 26.4 Å². The Kier molecular flexibility index (Phi) is 14.3. The molecule has 1 heterocycles. The van der Waals surface area contributed by atoms with Crippen LogP contribution in [0.15, 0.2) is 121 Å². The predicted octanol–water partition coefficient (Wildman–Crippen LogP) is 5.49. The molecular weight excluding hydrogens is 718 g/mol. The molecule has 51 heavy (non-hydrogen) atoms. The second-order valence-electron chi connectivity index (χ2n) is 12.2. The molecule has 0 bridgehead atoms. The first kappa shape index (κ1) is 38.3. The van der Waals surface area contributed by atoms with Gasteiger partial charge >= 0.3 is 5.97 Å². The van der Waals surface area contributed by atoms with E-state index in [1.54, 1.807) is 0 Å². The summed E-state index contributed by atoms with van der Waals surface area (Å²) in [4.78, 5) is 26.3. The van der Waals surface area contributed by atoms with E-state index in [1.807, 2.05) is 121 Å². The molecule has 1 aliphatic rings. The van der Waals surface area contributed by atoms with E-state index in [9.17, 15) is 14.7 Å². The summed E-state index contributed by atoms with van der Waals surface area (Å²) in [6.07, 6.45) is -5.72. The number of hydrogen-bond acceptors (Lipinski definition) is 9. The highest BCUT2D eigenvalue weighted by molar-refractivity contribution is 9.10. The Morgan fingerprint density at radius 3 is 1.73 bits per heavy atom. The number of aliphatic hydroxyl groups excluding tert-OH is 1. The average Bonchev–Trinajstić information content (AvgIpc) is 3.16. The Morgan fingerprint density at radius 2 is 1.24 bits per heavy atom. The van der Waals surface area contributed by atoms with Crippen LogP contribution in [0.3, 0.4) is 0 Å². The number of esters is 1. The number of aliphatic hydroxyl groups is 1. The fourth-order valence-corrected chi connectivity index (χ4v) is 6.58. The molecule has 0 unspecified atom stereocenters. The first-order valence-electron chi connectivity index (χ1n) is 16.8.